The van der Waals surface area contributed by atoms with E-state index >= 15 is 0 Å². The van der Waals surface area contributed by atoms with Crippen LogP contribution in [-0.2, 0) is 9.84 Å². The fourth-order valence-corrected chi connectivity index (χ4v) is 4.18. The van der Waals surface area contributed by atoms with E-state index in [-0.39, 0.29) is 6.54 Å². The largest absolute Gasteiger partial charge is 0.329 e. The van der Waals surface area contributed by atoms with Crippen molar-refractivity contribution in [3.63, 3.8) is 0 Å². The molecule has 2 rings (SSSR count). The Hall–Kier alpha value is -0.580. The van der Waals surface area contributed by atoms with E-state index in [0.29, 0.717) is 22.8 Å². The van der Waals surface area contributed by atoms with Gasteiger partial charge in [-0.2, -0.15) is 0 Å². The molecule has 16 heavy (non-hydrogen) atoms. The van der Waals surface area contributed by atoms with Crippen molar-refractivity contribution >= 4 is 21.4 Å². The van der Waals surface area contributed by atoms with E-state index in [2.05, 4.69) is 0 Å². The van der Waals surface area contributed by atoms with Gasteiger partial charge in [-0.1, -0.05) is 18.0 Å². The predicted octanol–water partition coefficient (Wildman–Crippen LogP) is 2.00. The number of benzene rings is 1. The molecule has 1 aromatic rings. The number of hydrogen-bond acceptors (Lipinski definition) is 3. The Kier molecular flexibility index (Phi) is 2.99. The minimum atomic E-state index is -3.31. The van der Waals surface area contributed by atoms with Crippen LogP contribution in [0.15, 0.2) is 29.2 Å². The molecule has 0 radical (unpaired) electrons. The van der Waals surface area contributed by atoms with Crippen LogP contribution in [0.5, 0.6) is 0 Å². The van der Waals surface area contributed by atoms with Gasteiger partial charge in [0.2, 0.25) is 0 Å². The first-order chi connectivity index (χ1) is 7.52. The SMILES string of the molecule is NCC1(S(=O)(=O)c2ccc(Cl)cc2)CCC1. The molecular formula is C11H14ClNO2S. The number of rotatable bonds is 3. The Labute approximate surface area is 101 Å². The van der Waals surface area contributed by atoms with E-state index in [1.165, 1.54) is 0 Å². The van der Waals surface area contributed by atoms with Crippen molar-refractivity contribution in [3.8, 4) is 0 Å². The normalized spacial score (nSPS) is 19.1. The van der Waals surface area contributed by atoms with E-state index in [1.807, 2.05) is 0 Å². The van der Waals surface area contributed by atoms with Gasteiger partial charge < -0.3 is 5.73 Å². The average molecular weight is 260 g/mol. The van der Waals surface area contributed by atoms with Crippen molar-refractivity contribution in [2.75, 3.05) is 6.54 Å². The molecule has 1 aromatic carbocycles. The maximum absolute atomic E-state index is 12.4. The second kappa shape index (κ2) is 4.02. The lowest BCUT2D eigenvalue weighted by molar-refractivity contribution is 0.344. The second-order valence-electron chi connectivity index (χ2n) is 4.20. The van der Waals surface area contributed by atoms with E-state index in [1.54, 1.807) is 24.3 Å². The Balaban J connectivity index is 2.42. The summed E-state index contributed by atoms with van der Waals surface area (Å²) in [5.41, 5.74) is 5.62. The predicted molar refractivity (Wildman–Crippen MR) is 64.3 cm³/mol. The van der Waals surface area contributed by atoms with E-state index in [0.717, 1.165) is 6.42 Å². The molecule has 0 amide bonds. The highest BCUT2D eigenvalue weighted by Crippen LogP contribution is 2.41. The molecular weight excluding hydrogens is 246 g/mol. The van der Waals surface area contributed by atoms with Crippen molar-refractivity contribution in [3.05, 3.63) is 29.3 Å². The minimum absolute atomic E-state index is 0.192. The first-order valence-corrected chi connectivity index (χ1v) is 7.08. The van der Waals surface area contributed by atoms with Gasteiger partial charge in [0.25, 0.3) is 0 Å². The van der Waals surface area contributed by atoms with Crippen LogP contribution < -0.4 is 5.73 Å². The summed E-state index contributed by atoms with van der Waals surface area (Å²) in [7, 11) is -3.31. The third-order valence-corrected chi connectivity index (χ3v) is 6.19. The number of sulfone groups is 1. The van der Waals surface area contributed by atoms with Crippen LogP contribution in [0.4, 0.5) is 0 Å². The molecule has 1 fully saturated rings. The third-order valence-electron chi connectivity index (χ3n) is 3.33. The summed E-state index contributed by atoms with van der Waals surface area (Å²) in [5.74, 6) is 0. The molecule has 0 unspecified atom stereocenters. The summed E-state index contributed by atoms with van der Waals surface area (Å²) in [6.45, 7) is 0.192. The zero-order valence-corrected chi connectivity index (χ0v) is 10.4. The highest BCUT2D eigenvalue weighted by Gasteiger charge is 2.48. The van der Waals surface area contributed by atoms with Gasteiger partial charge in [0.05, 0.1) is 9.64 Å². The first-order valence-electron chi connectivity index (χ1n) is 5.22. The zero-order chi connectivity index (χ0) is 11.8. The first kappa shape index (κ1) is 11.9. The minimum Gasteiger partial charge on any atom is -0.329 e. The molecule has 1 aliphatic rings. The molecule has 0 bridgehead atoms. The summed E-state index contributed by atoms with van der Waals surface area (Å²) in [5, 5.41) is 0.536. The quantitative estimate of drug-likeness (QED) is 0.903. The monoisotopic (exact) mass is 259 g/mol. The van der Waals surface area contributed by atoms with Crippen molar-refractivity contribution in [2.24, 2.45) is 5.73 Å². The Morgan fingerprint density at radius 3 is 2.19 bits per heavy atom. The Morgan fingerprint density at radius 2 is 1.81 bits per heavy atom. The Bertz CT molecular complexity index is 472. The highest BCUT2D eigenvalue weighted by molar-refractivity contribution is 7.93. The zero-order valence-electron chi connectivity index (χ0n) is 8.82. The van der Waals surface area contributed by atoms with Gasteiger partial charge in [-0.05, 0) is 37.1 Å². The fourth-order valence-electron chi connectivity index (χ4n) is 2.02. The molecule has 0 saturated heterocycles. The topological polar surface area (TPSA) is 60.2 Å². The summed E-state index contributed by atoms with van der Waals surface area (Å²) in [6, 6.07) is 6.29. The van der Waals surface area contributed by atoms with Gasteiger partial charge in [0.15, 0.2) is 9.84 Å². The highest BCUT2D eigenvalue weighted by atomic mass is 35.5. The van der Waals surface area contributed by atoms with Gasteiger partial charge in [-0.25, -0.2) is 8.42 Å². The molecule has 0 aliphatic heterocycles. The van der Waals surface area contributed by atoms with Crippen LogP contribution in [0.2, 0.25) is 5.02 Å². The average Bonchev–Trinajstić information content (AvgIpc) is 2.17. The van der Waals surface area contributed by atoms with Crippen molar-refractivity contribution in [1.82, 2.24) is 0 Å². The number of hydrogen-bond donors (Lipinski definition) is 1. The smallest absolute Gasteiger partial charge is 0.185 e. The maximum atomic E-state index is 12.4. The van der Waals surface area contributed by atoms with Crippen LogP contribution in [0, 0.1) is 0 Å². The van der Waals surface area contributed by atoms with E-state index < -0.39 is 14.6 Å². The van der Waals surface area contributed by atoms with Gasteiger partial charge in [0.1, 0.15) is 0 Å². The lowest BCUT2D eigenvalue weighted by Gasteiger charge is -2.39. The summed E-state index contributed by atoms with van der Waals surface area (Å²) >= 11 is 5.74. The van der Waals surface area contributed by atoms with Crippen molar-refractivity contribution in [1.29, 1.82) is 0 Å². The molecule has 88 valence electrons. The van der Waals surface area contributed by atoms with Crippen LogP contribution in [0.25, 0.3) is 0 Å². The van der Waals surface area contributed by atoms with Gasteiger partial charge in [-0.3, -0.25) is 0 Å². The Morgan fingerprint density at radius 1 is 1.25 bits per heavy atom. The molecule has 0 heterocycles. The maximum Gasteiger partial charge on any atom is 0.185 e. The molecule has 1 saturated carbocycles. The van der Waals surface area contributed by atoms with Crippen LogP contribution in [0.1, 0.15) is 19.3 Å². The van der Waals surface area contributed by atoms with Crippen molar-refractivity contribution < 1.29 is 8.42 Å². The molecule has 0 atom stereocenters. The molecule has 5 heteroatoms. The lowest BCUT2D eigenvalue weighted by Crippen LogP contribution is -2.51. The summed E-state index contributed by atoms with van der Waals surface area (Å²) in [6.07, 6.45) is 2.26. The van der Waals surface area contributed by atoms with Gasteiger partial charge in [0, 0.05) is 11.6 Å². The van der Waals surface area contributed by atoms with E-state index in [4.69, 9.17) is 17.3 Å². The van der Waals surface area contributed by atoms with Crippen molar-refractivity contribution in [2.45, 2.75) is 28.9 Å². The molecule has 3 nitrogen and oxygen atoms in total. The lowest BCUT2D eigenvalue weighted by atomic mass is 9.84. The standard InChI is InChI=1S/C11H14ClNO2S/c12-9-2-4-10(5-3-9)16(14,15)11(8-13)6-1-7-11/h2-5H,1,6-8,13H2. The number of halogens is 1. The third kappa shape index (κ3) is 1.65. The van der Waals surface area contributed by atoms with Crippen LogP contribution in [0.3, 0.4) is 0 Å². The molecule has 0 aromatic heterocycles. The molecule has 2 N–H and O–H groups in total. The van der Waals surface area contributed by atoms with Crippen LogP contribution in [-0.4, -0.2) is 19.7 Å². The number of nitrogens with two attached hydrogens (primary N) is 1. The van der Waals surface area contributed by atoms with Gasteiger partial charge in [-0.15, -0.1) is 0 Å². The van der Waals surface area contributed by atoms with E-state index in [9.17, 15) is 8.42 Å². The van der Waals surface area contributed by atoms with Crippen LogP contribution >= 0.6 is 11.6 Å². The fraction of sp³-hybridized carbons (Fsp3) is 0.455. The second-order valence-corrected chi connectivity index (χ2v) is 6.98. The summed E-state index contributed by atoms with van der Waals surface area (Å²) < 4.78 is 24.0. The molecule has 1 aliphatic carbocycles. The van der Waals surface area contributed by atoms with Gasteiger partial charge >= 0.3 is 0 Å². The summed E-state index contributed by atoms with van der Waals surface area (Å²) in [4.78, 5) is 0.321. The molecule has 0 spiro atoms.